The molecule has 0 aliphatic heterocycles. The summed E-state index contributed by atoms with van der Waals surface area (Å²) in [5.74, 6) is 0.658. The molecule has 4 aromatic rings. The summed E-state index contributed by atoms with van der Waals surface area (Å²) in [5, 5.41) is 26.8. The van der Waals surface area contributed by atoms with Crippen molar-refractivity contribution in [2.45, 2.75) is 13.0 Å². The molecule has 7 nitrogen and oxygen atoms in total. The standard InChI is InChI=1S/C22H18N4O3/c1-14-9-10-15-11-12-17(22(27)20(15)24-14)21(25-19-8-4-5-13-23-19)16-6-2-3-7-18(16)26(28)29/h2-13,21,27H,1H3,(H,23,25)/p+1/t21-/m0/s1. The van der Waals surface area contributed by atoms with Crippen molar-refractivity contribution >= 4 is 22.4 Å². The average Bonchev–Trinajstić information content (AvgIpc) is 2.74. The van der Waals surface area contributed by atoms with Crippen LogP contribution >= 0.6 is 0 Å². The van der Waals surface area contributed by atoms with Gasteiger partial charge in [-0.25, -0.2) is 9.97 Å². The van der Waals surface area contributed by atoms with Gasteiger partial charge in [0, 0.05) is 28.8 Å². The molecule has 1 atom stereocenters. The van der Waals surface area contributed by atoms with Crippen molar-refractivity contribution in [2.75, 3.05) is 5.32 Å². The monoisotopic (exact) mass is 387 g/mol. The zero-order valence-corrected chi connectivity index (χ0v) is 15.7. The molecule has 0 bridgehead atoms. The van der Waals surface area contributed by atoms with Gasteiger partial charge in [-0.1, -0.05) is 30.3 Å². The number of nitrogens with zero attached hydrogens (tertiary/aromatic N) is 2. The fourth-order valence-electron chi connectivity index (χ4n) is 3.38. The Balaban J connectivity index is 1.93. The van der Waals surface area contributed by atoms with Crippen molar-refractivity contribution < 1.29 is 15.0 Å². The fourth-order valence-corrected chi connectivity index (χ4v) is 3.38. The van der Waals surface area contributed by atoms with Gasteiger partial charge in [0.05, 0.1) is 16.7 Å². The zero-order valence-electron chi connectivity index (χ0n) is 15.7. The first-order valence-corrected chi connectivity index (χ1v) is 9.10. The number of nitrogens with one attached hydrogen (secondary N) is 2. The van der Waals surface area contributed by atoms with Crippen LogP contribution in [0.4, 0.5) is 11.5 Å². The molecule has 0 fully saturated rings. The number of phenols is 1. The number of aromatic nitrogens is 2. The van der Waals surface area contributed by atoms with E-state index in [1.165, 1.54) is 6.07 Å². The Morgan fingerprint density at radius 2 is 1.79 bits per heavy atom. The summed E-state index contributed by atoms with van der Waals surface area (Å²) in [6, 6.07) is 18.7. The Morgan fingerprint density at radius 1 is 1.03 bits per heavy atom. The topological polar surface area (TPSA) is 102 Å². The van der Waals surface area contributed by atoms with E-state index in [0.29, 0.717) is 22.5 Å². The van der Waals surface area contributed by atoms with E-state index in [1.54, 1.807) is 30.5 Å². The normalized spacial score (nSPS) is 11.9. The largest absolute Gasteiger partial charge is 0.505 e. The summed E-state index contributed by atoms with van der Waals surface area (Å²) in [6.07, 6.45) is 1.75. The molecule has 29 heavy (non-hydrogen) atoms. The molecule has 0 radical (unpaired) electrons. The number of pyridine rings is 2. The van der Waals surface area contributed by atoms with E-state index in [0.717, 1.165) is 11.1 Å². The van der Waals surface area contributed by atoms with E-state index in [4.69, 9.17) is 0 Å². The van der Waals surface area contributed by atoms with E-state index in [-0.39, 0.29) is 11.4 Å². The number of aryl methyl sites for hydroxylation is 1. The maximum Gasteiger partial charge on any atom is 0.277 e. The van der Waals surface area contributed by atoms with Gasteiger partial charge >= 0.3 is 0 Å². The minimum Gasteiger partial charge on any atom is -0.505 e. The first-order chi connectivity index (χ1) is 14.0. The molecular formula is C22H19N4O3+. The molecule has 0 amide bonds. The lowest BCUT2D eigenvalue weighted by Gasteiger charge is -2.17. The van der Waals surface area contributed by atoms with Crippen LogP contribution in [0.2, 0.25) is 0 Å². The van der Waals surface area contributed by atoms with Crippen molar-refractivity contribution in [1.82, 2.24) is 4.98 Å². The van der Waals surface area contributed by atoms with E-state index in [2.05, 4.69) is 15.3 Å². The highest BCUT2D eigenvalue weighted by Gasteiger charge is 2.30. The van der Waals surface area contributed by atoms with Crippen LogP contribution in [0.25, 0.3) is 10.9 Å². The Kier molecular flexibility index (Phi) is 4.78. The predicted molar refractivity (Wildman–Crippen MR) is 110 cm³/mol. The number of benzene rings is 2. The number of hydrogen-bond acceptors (Lipinski definition) is 5. The van der Waals surface area contributed by atoms with Gasteiger partial charge in [-0.3, -0.25) is 15.4 Å². The second kappa shape index (κ2) is 7.55. The minimum atomic E-state index is -0.665. The Bertz CT molecular complexity index is 1200. The number of aromatic hydroxyl groups is 1. The number of phenolic OH excluding ortho intramolecular Hbond substituents is 1. The second-order valence-corrected chi connectivity index (χ2v) is 6.70. The maximum atomic E-state index is 11.6. The van der Waals surface area contributed by atoms with Crippen LogP contribution in [0.1, 0.15) is 22.9 Å². The number of rotatable bonds is 5. The van der Waals surface area contributed by atoms with Crippen molar-refractivity contribution in [3.63, 3.8) is 0 Å². The molecule has 0 aliphatic carbocycles. The molecule has 144 valence electrons. The Hall–Kier alpha value is -4.00. The first-order valence-electron chi connectivity index (χ1n) is 9.10. The Morgan fingerprint density at radius 3 is 2.55 bits per heavy atom. The molecule has 7 heteroatoms. The summed E-state index contributed by atoms with van der Waals surface area (Å²) in [6.45, 7) is 1.85. The molecular weight excluding hydrogens is 368 g/mol. The fraction of sp³-hybridized carbons (Fsp3) is 0.0909. The number of aromatic amines is 1. The molecule has 4 rings (SSSR count). The molecule has 0 saturated heterocycles. The van der Waals surface area contributed by atoms with Gasteiger partial charge in [0.15, 0.2) is 6.04 Å². The lowest BCUT2D eigenvalue weighted by Crippen LogP contribution is -2.19. The quantitative estimate of drug-likeness (QED) is 0.395. The smallest absolute Gasteiger partial charge is 0.277 e. The summed E-state index contributed by atoms with van der Waals surface area (Å²) >= 11 is 0. The van der Waals surface area contributed by atoms with Crippen molar-refractivity contribution in [2.24, 2.45) is 0 Å². The second-order valence-electron chi connectivity index (χ2n) is 6.70. The van der Waals surface area contributed by atoms with Gasteiger partial charge in [0.1, 0.15) is 11.3 Å². The summed E-state index contributed by atoms with van der Waals surface area (Å²) < 4.78 is 0. The molecule has 2 aromatic carbocycles. The Labute approximate surface area is 166 Å². The molecule has 0 unspecified atom stereocenters. The molecule has 0 saturated carbocycles. The predicted octanol–water partition coefficient (Wildman–Crippen LogP) is 4.17. The van der Waals surface area contributed by atoms with E-state index < -0.39 is 11.0 Å². The number of para-hydroxylation sites is 1. The first kappa shape index (κ1) is 18.4. The molecule has 0 spiro atoms. The van der Waals surface area contributed by atoms with Gasteiger partial charge in [-0.05, 0) is 31.2 Å². The minimum absolute atomic E-state index is 0.00205. The average molecular weight is 387 g/mol. The van der Waals surface area contributed by atoms with Crippen molar-refractivity contribution in [1.29, 1.82) is 0 Å². The van der Waals surface area contributed by atoms with Crippen LogP contribution in [0.15, 0.2) is 72.9 Å². The van der Waals surface area contributed by atoms with E-state index in [1.807, 2.05) is 43.3 Å². The van der Waals surface area contributed by atoms with Crippen LogP contribution in [-0.2, 0) is 0 Å². The van der Waals surface area contributed by atoms with E-state index >= 15 is 0 Å². The van der Waals surface area contributed by atoms with Gasteiger partial charge in [0.25, 0.3) is 11.5 Å². The third-order valence-corrected chi connectivity index (χ3v) is 4.77. The van der Waals surface area contributed by atoms with E-state index in [9.17, 15) is 15.2 Å². The number of hydrogen-bond donors (Lipinski definition) is 2. The van der Waals surface area contributed by atoms with Crippen LogP contribution in [0.5, 0.6) is 5.75 Å². The lowest BCUT2D eigenvalue weighted by atomic mass is 9.95. The highest BCUT2D eigenvalue weighted by atomic mass is 16.6. The molecule has 2 heterocycles. The maximum absolute atomic E-state index is 11.6. The number of fused-ring (bicyclic) bond motifs is 1. The summed E-state index contributed by atoms with van der Waals surface area (Å²) in [4.78, 5) is 18.8. The van der Waals surface area contributed by atoms with Gasteiger partial charge < -0.3 is 5.11 Å². The van der Waals surface area contributed by atoms with Crippen molar-refractivity contribution in [3.05, 3.63) is 99.9 Å². The lowest BCUT2D eigenvalue weighted by molar-refractivity contribution is -0.385. The van der Waals surface area contributed by atoms with Gasteiger partial charge in [-0.2, -0.15) is 0 Å². The molecule has 2 aromatic heterocycles. The number of H-pyrrole nitrogens is 1. The molecule has 0 aliphatic rings. The number of anilines is 1. The van der Waals surface area contributed by atoms with Crippen LogP contribution in [0.3, 0.4) is 0 Å². The van der Waals surface area contributed by atoms with Crippen LogP contribution in [0, 0.1) is 17.0 Å². The highest BCUT2D eigenvalue weighted by molar-refractivity contribution is 5.86. The summed E-state index contributed by atoms with van der Waals surface area (Å²) in [7, 11) is 0. The third-order valence-electron chi connectivity index (χ3n) is 4.77. The third kappa shape index (κ3) is 3.58. The number of nitro groups is 1. The highest BCUT2D eigenvalue weighted by Crippen LogP contribution is 2.39. The number of nitro benzene ring substituents is 1. The molecule has 3 N–H and O–H groups in total. The van der Waals surface area contributed by atoms with Gasteiger partial charge in [0.2, 0.25) is 0 Å². The van der Waals surface area contributed by atoms with Crippen LogP contribution in [-0.4, -0.2) is 15.0 Å². The van der Waals surface area contributed by atoms with Crippen molar-refractivity contribution in [3.8, 4) is 5.75 Å². The summed E-state index contributed by atoms with van der Waals surface area (Å²) in [5.41, 5.74) is 2.15. The van der Waals surface area contributed by atoms with Crippen LogP contribution < -0.4 is 10.3 Å². The zero-order chi connectivity index (χ0) is 20.4. The van der Waals surface area contributed by atoms with Gasteiger partial charge in [-0.15, -0.1) is 0 Å². The SMILES string of the molecule is Cc1ccc2ccc([C@@H](Nc3cccc[nH+]3)c3ccccc3[N+](=O)[O-])c(O)c2n1.